The summed E-state index contributed by atoms with van der Waals surface area (Å²) in [6.07, 6.45) is 0.714. The second-order valence-corrected chi connectivity index (χ2v) is 5.88. The first kappa shape index (κ1) is 19.0. The summed E-state index contributed by atoms with van der Waals surface area (Å²) in [5, 5.41) is 13.9. The molecule has 0 spiro atoms. The number of nitrogens with zero attached hydrogens (tertiary/aromatic N) is 1. The van der Waals surface area contributed by atoms with Crippen molar-refractivity contribution in [1.82, 2.24) is 5.32 Å². The third-order valence-electron chi connectivity index (χ3n) is 3.68. The van der Waals surface area contributed by atoms with Crippen LogP contribution >= 0.6 is 12.2 Å². The van der Waals surface area contributed by atoms with E-state index < -0.39 is 16.4 Å². The quantitative estimate of drug-likeness (QED) is 0.437. The monoisotopic (exact) mass is 362 g/mol. The van der Waals surface area contributed by atoms with Crippen molar-refractivity contribution in [2.45, 2.75) is 26.0 Å². The number of hydrogen-bond donors (Lipinski definition) is 1. The van der Waals surface area contributed by atoms with E-state index in [1.165, 1.54) is 12.1 Å². The Morgan fingerprint density at radius 2 is 2.00 bits per heavy atom. The van der Waals surface area contributed by atoms with Crippen LogP contribution in [0.5, 0.6) is 0 Å². The first-order chi connectivity index (χ1) is 12.0. The van der Waals surface area contributed by atoms with Crippen LogP contribution in [0.4, 0.5) is 10.1 Å². The van der Waals surface area contributed by atoms with Crippen LogP contribution in [0, 0.1) is 15.9 Å². The highest BCUT2D eigenvalue weighted by molar-refractivity contribution is 7.80. The smallest absolute Gasteiger partial charge is 0.305 e. The molecule has 25 heavy (non-hydrogen) atoms. The lowest BCUT2D eigenvalue weighted by atomic mass is 10.1. The molecule has 5 nitrogen and oxygen atoms in total. The number of nitrogens with one attached hydrogen (secondary N) is 1. The molecule has 2 aromatic carbocycles. The Labute approximate surface area is 151 Å². The molecule has 0 aliphatic heterocycles. The van der Waals surface area contributed by atoms with Crippen LogP contribution in [-0.4, -0.2) is 22.6 Å². The number of halogens is 1. The van der Waals surface area contributed by atoms with Gasteiger partial charge in [-0.1, -0.05) is 55.5 Å². The topological polar surface area (TPSA) is 64.4 Å². The molecule has 0 fully saturated rings. The Hall–Kier alpha value is -2.38. The van der Waals surface area contributed by atoms with Gasteiger partial charge in [0.15, 0.2) is 0 Å². The van der Waals surface area contributed by atoms with E-state index in [1.807, 2.05) is 37.3 Å². The largest absolute Gasteiger partial charge is 0.375 e. The molecule has 0 bridgehead atoms. The molecule has 1 atom stereocenters. The van der Waals surface area contributed by atoms with Crippen molar-refractivity contribution in [1.29, 1.82) is 0 Å². The predicted molar refractivity (Wildman–Crippen MR) is 98.1 cm³/mol. The third-order valence-corrected chi connectivity index (χ3v) is 4.02. The van der Waals surface area contributed by atoms with Crippen LogP contribution in [0.3, 0.4) is 0 Å². The third kappa shape index (κ3) is 5.30. The second-order valence-electron chi connectivity index (χ2n) is 5.48. The molecule has 0 radical (unpaired) electrons. The first-order valence-electron chi connectivity index (χ1n) is 7.88. The number of hydrogen-bond acceptors (Lipinski definition) is 4. The lowest BCUT2D eigenvalue weighted by molar-refractivity contribution is -0.387. The van der Waals surface area contributed by atoms with E-state index in [2.05, 4.69) is 5.32 Å². The van der Waals surface area contributed by atoms with Crippen molar-refractivity contribution in [2.24, 2.45) is 0 Å². The second kappa shape index (κ2) is 9.19. The van der Waals surface area contributed by atoms with E-state index in [4.69, 9.17) is 17.0 Å². The van der Waals surface area contributed by atoms with E-state index in [-0.39, 0.29) is 16.6 Å². The molecule has 7 heteroatoms. The van der Waals surface area contributed by atoms with Gasteiger partial charge in [-0.2, -0.15) is 4.39 Å². The SMILES string of the molecule is CC[C@H](COCc1ccccc1)NC(=S)c1cccc([N+](=O)[O-])c1F. The Kier molecular flexibility index (Phi) is 6.97. The Bertz CT molecular complexity index is 740. The molecule has 0 aliphatic carbocycles. The van der Waals surface area contributed by atoms with Crippen molar-refractivity contribution in [3.05, 3.63) is 75.6 Å². The summed E-state index contributed by atoms with van der Waals surface area (Å²) >= 11 is 5.21. The zero-order valence-electron chi connectivity index (χ0n) is 13.8. The van der Waals surface area contributed by atoms with Gasteiger partial charge in [-0.3, -0.25) is 10.1 Å². The maximum atomic E-state index is 14.2. The highest BCUT2D eigenvalue weighted by atomic mass is 32.1. The fourth-order valence-electron chi connectivity index (χ4n) is 2.25. The van der Waals surface area contributed by atoms with Gasteiger partial charge in [-0.05, 0) is 18.1 Å². The predicted octanol–water partition coefficient (Wildman–Crippen LogP) is 3.99. The van der Waals surface area contributed by atoms with Gasteiger partial charge < -0.3 is 10.1 Å². The fraction of sp³-hybridized carbons (Fsp3) is 0.278. The van der Waals surface area contributed by atoms with Crippen LogP contribution in [0.2, 0.25) is 0 Å². The van der Waals surface area contributed by atoms with E-state index >= 15 is 0 Å². The molecule has 0 aromatic heterocycles. The molecule has 0 unspecified atom stereocenters. The van der Waals surface area contributed by atoms with E-state index in [9.17, 15) is 14.5 Å². The van der Waals surface area contributed by atoms with E-state index in [0.29, 0.717) is 19.6 Å². The zero-order valence-corrected chi connectivity index (χ0v) is 14.6. The van der Waals surface area contributed by atoms with Crippen LogP contribution in [0.15, 0.2) is 48.5 Å². The summed E-state index contributed by atoms with van der Waals surface area (Å²) in [5.41, 5.74) is 0.491. The molecule has 2 aromatic rings. The van der Waals surface area contributed by atoms with Gasteiger partial charge >= 0.3 is 5.69 Å². The van der Waals surface area contributed by atoms with Gasteiger partial charge in [0.2, 0.25) is 5.82 Å². The van der Waals surface area contributed by atoms with Gasteiger partial charge in [0, 0.05) is 6.07 Å². The average molecular weight is 362 g/mol. The summed E-state index contributed by atoms with van der Waals surface area (Å²) < 4.78 is 19.9. The highest BCUT2D eigenvalue weighted by Crippen LogP contribution is 2.20. The standard InChI is InChI=1S/C18H19FN2O3S/c1-2-14(12-24-11-13-7-4-3-5-8-13)20-18(25)15-9-6-10-16(17(15)19)21(22)23/h3-10,14H,2,11-12H2,1H3,(H,20,25)/t14-/m1/s1. The molecule has 132 valence electrons. The van der Waals surface area contributed by atoms with Crippen molar-refractivity contribution in [3.63, 3.8) is 0 Å². The van der Waals surface area contributed by atoms with Gasteiger partial charge in [0.25, 0.3) is 0 Å². The summed E-state index contributed by atoms with van der Waals surface area (Å²) in [6, 6.07) is 13.6. The Morgan fingerprint density at radius 1 is 1.28 bits per heavy atom. The lowest BCUT2D eigenvalue weighted by Gasteiger charge is -2.19. The molecule has 1 N–H and O–H groups in total. The number of rotatable bonds is 8. The van der Waals surface area contributed by atoms with Crippen LogP contribution < -0.4 is 5.32 Å². The molecule has 0 saturated heterocycles. The van der Waals surface area contributed by atoms with E-state index in [0.717, 1.165) is 11.6 Å². The van der Waals surface area contributed by atoms with Crippen molar-refractivity contribution >= 4 is 22.9 Å². The number of nitro benzene ring substituents is 1. The molecule has 0 saturated carbocycles. The normalized spacial score (nSPS) is 11.8. The van der Waals surface area contributed by atoms with Crippen molar-refractivity contribution in [3.8, 4) is 0 Å². The van der Waals surface area contributed by atoms with Crippen LogP contribution in [-0.2, 0) is 11.3 Å². The number of nitro groups is 1. The zero-order chi connectivity index (χ0) is 18.2. The van der Waals surface area contributed by atoms with Crippen LogP contribution in [0.25, 0.3) is 0 Å². The fourth-order valence-corrected chi connectivity index (χ4v) is 2.58. The number of ether oxygens (including phenoxy) is 1. The summed E-state index contributed by atoms with van der Waals surface area (Å²) in [7, 11) is 0. The highest BCUT2D eigenvalue weighted by Gasteiger charge is 2.20. The van der Waals surface area contributed by atoms with Gasteiger partial charge in [0.05, 0.1) is 29.7 Å². The molecule has 0 amide bonds. The average Bonchev–Trinajstić information content (AvgIpc) is 2.61. The molecule has 2 rings (SSSR count). The molecule has 0 aliphatic rings. The Morgan fingerprint density at radius 3 is 2.64 bits per heavy atom. The summed E-state index contributed by atoms with van der Waals surface area (Å²) in [5.74, 6) is -0.926. The van der Waals surface area contributed by atoms with E-state index in [1.54, 1.807) is 0 Å². The van der Waals surface area contributed by atoms with Gasteiger partial charge in [-0.25, -0.2) is 0 Å². The van der Waals surface area contributed by atoms with Crippen molar-refractivity contribution < 1.29 is 14.1 Å². The minimum atomic E-state index is -0.926. The van der Waals surface area contributed by atoms with Gasteiger partial charge in [0.1, 0.15) is 4.99 Å². The molecule has 0 heterocycles. The maximum absolute atomic E-state index is 14.2. The maximum Gasteiger partial charge on any atom is 0.305 e. The molecular weight excluding hydrogens is 343 g/mol. The minimum Gasteiger partial charge on any atom is -0.375 e. The first-order valence-corrected chi connectivity index (χ1v) is 8.29. The summed E-state index contributed by atoms with van der Waals surface area (Å²) in [6.45, 7) is 2.81. The number of benzene rings is 2. The van der Waals surface area contributed by atoms with Crippen molar-refractivity contribution in [2.75, 3.05) is 6.61 Å². The Balaban J connectivity index is 1.95. The van der Waals surface area contributed by atoms with Crippen LogP contribution in [0.1, 0.15) is 24.5 Å². The summed E-state index contributed by atoms with van der Waals surface area (Å²) in [4.78, 5) is 10.2. The number of thiocarbonyl (C=S) groups is 1. The van der Waals surface area contributed by atoms with Gasteiger partial charge in [-0.15, -0.1) is 0 Å². The molecular formula is C18H19FN2O3S. The minimum absolute atomic E-state index is 0.0192. The lowest BCUT2D eigenvalue weighted by Crippen LogP contribution is -2.37.